The summed E-state index contributed by atoms with van der Waals surface area (Å²) in [5, 5.41) is 9.47. The fourth-order valence-corrected chi connectivity index (χ4v) is 5.03. The molecule has 0 bridgehead atoms. The zero-order chi connectivity index (χ0) is 22.7. The Hall–Kier alpha value is -2.81. The molecule has 1 aliphatic heterocycles. The van der Waals surface area contributed by atoms with Gasteiger partial charge in [0.1, 0.15) is 5.76 Å². The normalized spacial score (nSPS) is 18.7. The highest BCUT2D eigenvalue weighted by molar-refractivity contribution is 7.99. The first kappa shape index (κ1) is 22.4. The van der Waals surface area contributed by atoms with E-state index in [2.05, 4.69) is 28.9 Å². The van der Waals surface area contributed by atoms with Crippen molar-refractivity contribution in [1.29, 1.82) is 0 Å². The van der Waals surface area contributed by atoms with E-state index in [-0.39, 0.29) is 17.3 Å². The van der Waals surface area contributed by atoms with Crippen LogP contribution >= 0.6 is 11.8 Å². The van der Waals surface area contributed by atoms with Gasteiger partial charge in [-0.1, -0.05) is 25.6 Å². The van der Waals surface area contributed by atoms with Gasteiger partial charge in [0.25, 0.3) is 0 Å². The molecule has 0 aliphatic carbocycles. The minimum atomic E-state index is -0.556. The van der Waals surface area contributed by atoms with Crippen LogP contribution in [0.2, 0.25) is 0 Å². The number of piperidine rings is 1. The number of hydrogen-bond acceptors (Lipinski definition) is 7. The average Bonchev–Trinajstić information content (AvgIpc) is 3.41. The van der Waals surface area contributed by atoms with Crippen molar-refractivity contribution >= 4 is 23.5 Å². The Balaban J connectivity index is 1.54. The first-order valence-corrected chi connectivity index (χ1v) is 11.6. The van der Waals surface area contributed by atoms with Crippen LogP contribution in [0.3, 0.4) is 0 Å². The lowest BCUT2D eigenvalue weighted by molar-refractivity contribution is 0.102. The van der Waals surface area contributed by atoms with Gasteiger partial charge >= 0.3 is 0 Å². The molecule has 7 nitrogen and oxygen atoms in total. The summed E-state index contributed by atoms with van der Waals surface area (Å²) in [5.74, 6) is 2.19. The van der Waals surface area contributed by atoms with Gasteiger partial charge in [0.15, 0.2) is 22.5 Å². The summed E-state index contributed by atoms with van der Waals surface area (Å²) in [6.45, 7) is 6.80. The molecule has 170 valence electrons. The summed E-state index contributed by atoms with van der Waals surface area (Å²) in [6.07, 6.45) is 2.83. The highest BCUT2D eigenvalue weighted by atomic mass is 32.2. The highest BCUT2D eigenvalue weighted by Crippen LogP contribution is 2.29. The number of hydrogen-bond donors (Lipinski definition) is 0. The maximum absolute atomic E-state index is 14.0. The molecule has 2 atom stereocenters. The number of furan rings is 1. The average molecular weight is 459 g/mol. The molecule has 1 fully saturated rings. The molecule has 2 unspecified atom stereocenters. The van der Waals surface area contributed by atoms with Crippen molar-refractivity contribution in [1.82, 2.24) is 14.8 Å². The first-order valence-electron chi connectivity index (χ1n) is 10.6. The summed E-state index contributed by atoms with van der Waals surface area (Å²) in [7, 11) is 1.39. The van der Waals surface area contributed by atoms with E-state index in [4.69, 9.17) is 9.15 Å². The standard InChI is InChI=1S/C23H27FN4O3S/c1-15-9-16(2)12-27(11-15)22-25-26-23(28(22)13-18-5-4-8-31-18)32-14-20(29)17-6-7-21(30-3)19(24)10-17/h4-8,10,15-16H,9,11-14H2,1-3H3. The Morgan fingerprint density at radius 2 is 2.03 bits per heavy atom. The Labute approximate surface area is 190 Å². The van der Waals surface area contributed by atoms with Gasteiger partial charge in [-0.05, 0) is 48.6 Å². The van der Waals surface area contributed by atoms with Gasteiger partial charge in [-0.3, -0.25) is 9.36 Å². The molecular weight excluding hydrogens is 431 g/mol. The number of ether oxygens (including phenoxy) is 1. The van der Waals surface area contributed by atoms with Crippen LogP contribution in [0.15, 0.2) is 46.2 Å². The number of halogens is 1. The van der Waals surface area contributed by atoms with Gasteiger partial charge in [0.2, 0.25) is 5.95 Å². The number of ketones is 1. The Morgan fingerprint density at radius 3 is 2.69 bits per heavy atom. The molecule has 1 saturated heterocycles. The van der Waals surface area contributed by atoms with Crippen molar-refractivity contribution in [3.63, 3.8) is 0 Å². The van der Waals surface area contributed by atoms with Crippen molar-refractivity contribution in [2.75, 3.05) is 30.9 Å². The van der Waals surface area contributed by atoms with Gasteiger partial charge in [0.05, 0.1) is 25.7 Å². The smallest absolute Gasteiger partial charge is 0.228 e. The van der Waals surface area contributed by atoms with Crippen LogP contribution in [0.4, 0.5) is 10.3 Å². The fourth-order valence-electron chi connectivity index (χ4n) is 4.20. The topological polar surface area (TPSA) is 73.4 Å². The molecule has 32 heavy (non-hydrogen) atoms. The lowest BCUT2D eigenvalue weighted by Gasteiger charge is -2.35. The molecule has 0 N–H and O–H groups in total. The third kappa shape index (κ3) is 4.98. The molecule has 2 aromatic heterocycles. The predicted molar refractivity (Wildman–Crippen MR) is 121 cm³/mol. The molecule has 3 aromatic rings. The minimum Gasteiger partial charge on any atom is -0.494 e. The van der Waals surface area contributed by atoms with Crippen LogP contribution in [0.25, 0.3) is 0 Å². The Kier molecular flexibility index (Phi) is 6.83. The fraction of sp³-hybridized carbons (Fsp3) is 0.435. The second kappa shape index (κ2) is 9.77. The number of carbonyl (C=O) groups excluding carboxylic acids is 1. The SMILES string of the molecule is COc1ccc(C(=O)CSc2nnc(N3CC(C)CC(C)C3)n2Cc2ccco2)cc1F. The lowest BCUT2D eigenvalue weighted by atomic mass is 9.92. The highest BCUT2D eigenvalue weighted by Gasteiger charge is 2.27. The van der Waals surface area contributed by atoms with E-state index in [1.165, 1.54) is 37.4 Å². The van der Waals surface area contributed by atoms with Crippen LogP contribution in [-0.4, -0.2) is 46.5 Å². The van der Waals surface area contributed by atoms with Crippen molar-refractivity contribution in [3.8, 4) is 5.75 Å². The summed E-state index contributed by atoms with van der Waals surface area (Å²) in [4.78, 5) is 14.9. The van der Waals surface area contributed by atoms with Crippen LogP contribution in [0.1, 0.15) is 36.4 Å². The summed E-state index contributed by atoms with van der Waals surface area (Å²) >= 11 is 1.29. The van der Waals surface area contributed by atoms with E-state index >= 15 is 0 Å². The monoisotopic (exact) mass is 458 g/mol. The van der Waals surface area contributed by atoms with E-state index in [1.54, 1.807) is 12.3 Å². The minimum absolute atomic E-state index is 0.113. The number of benzene rings is 1. The van der Waals surface area contributed by atoms with Crippen molar-refractivity contribution < 1.29 is 18.3 Å². The third-order valence-corrected chi connectivity index (χ3v) is 6.52. The Morgan fingerprint density at radius 1 is 1.25 bits per heavy atom. The molecule has 0 radical (unpaired) electrons. The van der Waals surface area contributed by atoms with E-state index in [0.29, 0.717) is 29.1 Å². The van der Waals surface area contributed by atoms with Gasteiger partial charge in [-0.2, -0.15) is 0 Å². The molecule has 1 aromatic carbocycles. The van der Waals surface area contributed by atoms with E-state index < -0.39 is 5.82 Å². The second-order valence-corrected chi connectivity index (χ2v) is 9.30. The molecule has 4 rings (SSSR count). The summed E-state index contributed by atoms with van der Waals surface area (Å²) in [5.41, 5.74) is 0.298. The molecule has 0 spiro atoms. The number of anilines is 1. The number of methoxy groups -OCH3 is 1. The van der Waals surface area contributed by atoms with Crippen LogP contribution in [0, 0.1) is 17.7 Å². The zero-order valence-electron chi connectivity index (χ0n) is 18.5. The number of nitrogens with zero attached hydrogens (tertiary/aromatic N) is 4. The quantitative estimate of drug-likeness (QED) is 0.363. The zero-order valence-corrected chi connectivity index (χ0v) is 19.3. The summed E-state index contributed by atoms with van der Waals surface area (Å²) < 4.78 is 26.5. The molecule has 0 amide bonds. The third-order valence-electron chi connectivity index (χ3n) is 5.55. The van der Waals surface area contributed by atoms with Crippen LogP contribution in [0.5, 0.6) is 5.75 Å². The largest absolute Gasteiger partial charge is 0.494 e. The second-order valence-electron chi connectivity index (χ2n) is 8.36. The number of aromatic nitrogens is 3. The molecule has 3 heterocycles. The van der Waals surface area contributed by atoms with Gasteiger partial charge < -0.3 is 14.1 Å². The van der Waals surface area contributed by atoms with Crippen LogP contribution < -0.4 is 9.64 Å². The number of Topliss-reactive ketones (excluding diaryl/α,β-unsaturated/α-hetero) is 1. The lowest BCUT2D eigenvalue weighted by Crippen LogP contribution is -2.40. The van der Waals surface area contributed by atoms with Crippen molar-refractivity contribution in [3.05, 3.63) is 53.7 Å². The van der Waals surface area contributed by atoms with E-state index in [1.807, 2.05) is 16.7 Å². The Bertz CT molecular complexity index is 1060. The maximum Gasteiger partial charge on any atom is 0.228 e. The molecular formula is C23H27FN4O3S. The van der Waals surface area contributed by atoms with E-state index in [0.717, 1.165) is 24.8 Å². The predicted octanol–water partition coefficient (Wildman–Crippen LogP) is 4.52. The van der Waals surface area contributed by atoms with Crippen LogP contribution in [-0.2, 0) is 6.54 Å². The van der Waals surface area contributed by atoms with Crippen molar-refractivity contribution in [2.24, 2.45) is 11.8 Å². The van der Waals surface area contributed by atoms with Gasteiger partial charge in [0, 0.05) is 18.7 Å². The molecule has 0 saturated carbocycles. The van der Waals surface area contributed by atoms with E-state index in [9.17, 15) is 9.18 Å². The molecule has 1 aliphatic rings. The maximum atomic E-state index is 14.0. The first-order chi connectivity index (χ1) is 15.4. The van der Waals surface area contributed by atoms with Gasteiger partial charge in [-0.15, -0.1) is 10.2 Å². The molecule has 9 heteroatoms. The number of thioether (sulfide) groups is 1. The number of carbonyl (C=O) groups is 1. The number of rotatable bonds is 8. The summed E-state index contributed by atoms with van der Waals surface area (Å²) in [6, 6.07) is 7.99. The van der Waals surface area contributed by atoms with Gasteiger partial charge in [-0.25, -0.2) is 4.39 Å². The van der Waals surface area contributed by atoms with Crippen molar-refractivity contribution in [2.45, 2.75) is 32.0 Å².